The Morgan fingerprint density at radius 2 is 1.13 bits per heavy atom. The van der Waals surface area contributed by atoms with E-state index in [0.29, 0.717) is 43.4 Å². The normalized spacial score (nSPS) is 11.8. The van der Waals surface area contributed by atoms with Crippen LogP contribution < -0.4 is 5.11 Å². The van der Waals surface area contributed by atoms with E-state index < -0.39 is 17.9 Å². The maximum absolute atomic E-state index is 11.0. The van der Waals surface area contributed by atoms with Gasteiger partial charge < -0.3 is 24.6 Å². The summed E-state index contributed by atoms with van der Waals surface area (Å²) in [4.78, 5) is 32.8. The lowest BCUT2D eigenvalue weighted by Crippen LogP contribution is -2.51. The van der Waals surface area contributed by atoms with Crippen molar-refractivity contribution in [1.29, 1.82) is 0 Å². The monoisotopic (exact) mass is 441 g/mol. The summed E-state index contributed by atoms with van der Waals surface area (Å²) in [7, 11) is 0. The minimum Gasteiger partial charge on any atom is -0.550 e. The van der Waals surface area contributed by atoms with Crippen LogP contribution in [0.25, 0.3) is 0 Å². The Kier molecular flexibility index (Phi) is 17.7. The summed E-state index contributed by atoms with van der Waals surface area (Å²) in [5, 5.41) is 28.9. The standard InChI is InChI=1S/C24H43NO6/c1-2-3-4-5-6-7-8-9-10-11-18-25(19-12-15-22(26)27,20-13-16-23(28)29)21-14-17-24(30)31/h4-5H,2-3,6-21H2,1H3,(H2-,26,27,28,29,30,31)/b5-4+. The molecule has 2 N–H and O–H groups in total. The molecule has 0 aliphatic carbocycles. The molecule has 31 heavy (non-hydrogen) atoms. The third-order valence-electron chi connectivity index (χ3n) is 5.68. The van der Waals surface area contributed by atoms with Gasteiger partial charge in [-0.2, -0.15) is 0 Å². The summed E-state index contributed by atoms with van der Waals surface area (Å²) in [6.45, 7) is 4.91. The molecule has 0 unspecified atom stereocenters. The lowest BCUT2D eigenvalue weighted by molar-refractivity contribution is -0.929. The van der Waals surface area contributed by atoms with Crippen molar-refractivity contribution in [2.75, 3.05) is 26.2 Å². The van der Waals surface area contributed by atoms with Gasteiger partial charge in [0.1, 0.15) is 0 Å². The first-order chi connectivity index (χ1) is 14.8. The van der Waals surface area contributed by atoms with Crippen molar-refractivity contribution in [2.24, 2.45) is 0 Å². The van der Waals surface area contributed by atoms with Gasteiger partial charge >= 0.3 is 11.9 Å². The number of hydrogen-bond donors (Lipinski definition) is 2. The molecule has 0 aromatic carbocycles. The summed E-state index contributed by atoms with van der Waals surface area (Å²) in [6.07, 6.45) is 15.1. The molecule has 0 bridgehead atoms. The van der Waals surface area contributed by atoms with Gasteiger partial charge in [0.25, 0.3) is 0 Å². The fourth-order valence-electron chi connectivity index (χ4n) is 4.00. The molecule has 0 aliphatic rings. The number of carboxylic acid groups (broad SMARTS) is 3. The predicted octanol–water partition coefficient (Wildman–Crippen LogP) is 3.76. The average molecular weight is 442 g/mol. The molecule has 0 atom stereocenters. The van der Waals surface area contributed by atoms with E-state index in [1.54, 1.807) is 0 Å². The van der Waals surface area contributed by atoms with Gasteiger partial charge in [-0.3, -0.25) is 9.59 Å². The van der Waals surface area contributed by atoms with Crippen LogP contribution in [0.1, 0.15) is 96.8 Å². The van der Waals surface area contributed by atoms with Crippen LogP contribution in [0.2, 0.25) is 0 Å². The summed E-state index contributed by atoms with van der Waals surface area (Å²) < 4.78 is 0.605. The van der Waals surface area contributed by atoms with Crippen LogP contribution in [0.15, 0.2) is 12.2 Å². The number of carboxylic acids is 3. The number of carbonyl (C=O) groups excluding carboxylic acids is 1. The molecule has 0 heterocycles. The Morgan fingerprint density at radius 3 is 1.65 bits per heavy atom. The zero-order valence-corrected chi connectivity index (χ0v) is 19.4. The molecule has 0 saturated heterocycles. The molecule has 0 aromatic rings. The lowest BCUT2D eigenvalue weighted by atomic mass is 10.1. The van der Waals surface area contributed by atoms with Crippen LogP contribution in [-0.4, -0.2) is 58.8 Å². The molecule has 0 aromatic heterocycles. The summed E-state index contributed by atoms with van der Waals surface area (Å²) in [6, 6.07) is 0. The topological polar surface area (TPSA) is 115 Å². The second-order valence-corrected chi connectivity index (χ2v) is 8.52. The van der Waals surface area contributed by atoms with E-state index >= 15 is 0 Å². The van der Waals surface area contributed by atoms with E-state index in [2.05, 4.69) is 19.1 Å². The van der Waals surface area contributed by atoms with Crippen molar-refractivity contribution in [1.82, 2.24) is 0 Å². The Hall–Kier alpha value is -1.89. The average Bonchev–Trinajstić information content (AvgIpc) is 2.68. The van der Waals surface area contributed by atoms with Gasteiger partial charge in [0.05, 0.1) is 39.0 Å². The lowest BCUT2D eigenvalue weighted by Gasteiger charge is -2.39. The smallest absolute Gasteiger partial charge is 0.303 e. The molecule has 0 rings (SSSR count). The van der Waals surface area contributed by atoms with Crippen LogP contribution in [0.5, 0.6) is 0 Å². The fourth-order valence-corrected chi connectivity index (χ4v) is 4.00. The highest BCUT2D eigenvalue weighted by atomic mass is 16.4. The largest absolute Gasteiger partial charge is 0.550 e. The molecule has 0 radical (unpaired) electrons. The molecule has 0 amide bonds. The number of quaternary nitrogens is 1. The van der Waals surface area contributed by atoms with Gasteiger partial charge in [-0.1, -0.05) is 38.3 Å². The molecular formula is C24H43NO6. The van der Waals surface area contributed by atoms with Gasteiger partial charge in [0, 0.05) is 25.2 Å². The molecule has 0 spiro atoms. The third kappa shape index (κ3) is 18.6. The number of allylic oxidation sites excluding steroid dienone is 2. The first-order valence-electron chi connectivity index (χ1n) is 11.9. The van der Waals surface area contributed by atoms with Gasteiger partial charge in [-0.15, -0.1) is 0 Å². The molecular weight excluding hydrogens is 398 g/mol. The highest BCUT2D eigenvalue weighted by molar-refractivity contribution is 5.66. The molecule has 0 saturated carbocycles. The minimum atomic E-state index is -1.08. The van der Waals surface area contributed by atoms with Gasteiger partial charge in [0.2, 0.25) is 0 Å². The minimum absolute atomic E-state index is 0.0244. The number of carbonyl (C=O) groups is 3. The van der Waals surface area contributed by atoms with Crippen molar-refractivity contribution in [2.45, 2.75) is 96.8 Å². The highest BCUT2D eigenvalue weighted by Crippen LogP contribution is 2.18. The number of rotatable bonds is 22. The number of aliphatic carboxylic acids is 3. The second kappa shape index (κ2) is 18.8. The highest BCUT2D eigenvalue weighted by Gasteiger charge is 2.26. The van der Waals surface area contributed by atoms with E-state index in [1.165, 1.54) is 19.3 Å². The quantitative estimate of drug-likeness (QED) is 0.150. The summed E-state index contributed by atoms with van der Waals surface area (Å²) >= 11 is 0. The van der Waals surface area contributed by atoms with Gasteiger partial charge in [-0.05, 0) is 38.5 Å². The van der Waals surface area contributed by atoms with Crippen LogP contribution >= 0.6 is 0 Å². The molecule has 180 valence electrons. The van der Waals surface area contributed by atoms with E-state index in [9.17, 15) is 19.5 Å². The molecule has 7 nitrogen and oxygen atoms in total. The Labute approximate surface area is 187 Å². The maximum atomic E-state index is 11.0. The van der Waals surface area contributed by atoms with E-state index in [-0.39, 0.29) is 19.3 Å². The first kappa shape index (κ1) is 29.1. The SMILES string of the molecule is CCC/C=C/CCCCCCC[N+](CCCC(=O)[O-])(CCCC(=O)O)CCCC(=O)O. The number of hydrogen-bond acceptors (Lipinski definition) is 4. The second-order valence-electron chi connectivity index (χ2n) is 8.52. The molecule has 7 heteroatoms. The predicted molar refractivity (Wildman–Crippen MR) is 119 cm³/mol. The van der Waals surface area contributed by atoms with Crippen LogP contribution in [0.4, 0.5) is 0 Å². The Morgan fingerprint density at radius 1 is 0.677 bits per heavy atom. The Bertz CT molecular complexity index is 482. The third-order valence-corrected chi connectivity index (χ3v) is 5.68. The van der Waals surface area contributed by atoms with Crippen LogP contribution in [0, 0.1) is 0 Å². The maximum Gasteiger partial charge on any atom is 0.303 e. The van der Waals surface area contributed by atoms with Gasteiger partial charge in [-0.25, -0.2) is 0 Å². The van der Waals surface area contributed by atoms with Crippen molar-refractivity contribution in [3.8, 4) is 0 Å². The van der Waals surface area contributed by atoms with Crippen molar-refractivity contribution in [3.05, 3.63) is 12.2 Å². The number of nitrogens with zero attached hydrogens (tertiary/aromatic N) is 1. The Balaban J connectivity index is 4.66. The molecule has 0 fully saturated rings. The van der Waals surface area contributed by atoms with Gasteiger partial charge in [0.15, 0.2) is 0 Å². The molecule has 0 aliphatic heterocycles. The first-order valence-corrected chi connectivity index (χ1v) is 11.9. The zero-order chi connectivity index (χ0) is 23.4. The number of unbranched alkanes of at least 4 members (excludes halogenated alkanes) is 6. The summed E-state index contributed by atoms with van der Waals surface area (Å²) in [5.74, 6) is -2.76. The van der Waals surface area contributed by atoms with E-state index in [1.807, 2.05) is 0 Å². The fraction of sp³-hybridized carbons (Fsp3) is 0.792. The van der Waals surface area contributed by atoms with E-state index in [4.69, 9.17) is 10.2 Å². The van der Waals surface area contributed by atoms with Crippen molar-refractivity contribution >= 4 is 17.9 Å². The van der Waals surface area contributed by atoms with Crippen LogP contribution in [-0.2, 0) is 14.4 Å². The summed E-state index contributed by atoms with van der Waals surface area (Å²) in [5.41, 5.74) is 0. The van der Waals surface area contributed by atoms with Crippen molar-refractivity contribution in [3.63, 3.8) is 0 Å². The van der Waals surface area contributed by atoms with E-state index in [0.717, 1.165) is 38.6 Å². The van der Waals surface area contributed by atoms with Crippen LogP contribution in [0.3, 0.4) is 0 Å². The zero-order valence-electron chi connectivity index (χ0n) is 19.4. The van der Waals surface area contributed by atoms with Crippen molar-refractivity contribution < 1.29 is 34.2 Å².